The van der Waals surface area contributed by atoms with Crippen LogP contribution >= 0.6 is 0 Å². The molecule has 8 amide bonds. The van der Waals surface area contributed by atoms with Crippen LogP contribution in [-0.2, 0) is 22.7 Å². The molecule has 3 aromatic rings. The highest BCUT2D eigenvalue weighted by molar-refractivity contribution is 6.11. The van der Waals surface area contributed by atoms with E-state index in [-0.39, 0.29) is 37.1 Å². The Bertz CT molecular complexity index is 2540. The van der Waals surface area contributed by atoms with Crippen molar-refractivity contribution in [3.05, 3.63) is 82.2 Å². The number of urea groups is 2. The number of ether oxygens (including phenoxy) is 3. The fraction of sp³-hybridized carbons (Fsp3) is 0.349. The van der Waals surface area contributed by atoms with E-state index < -0.39 is 35.0 Å². The molecule has 5 N–H and O–H groups in total. The van der Waals surface area contributed by atoms with Crippen LogP contribution in [0.3, 0.4) is 0 Å². The lowest BCUT2D eigenvalue weighted by Crippen LogP contribution is -2.54. The van der Waals surface area contributed by atoms with Crippen molar-refractivity contribution in [3.63, 3.8) is 0 Å². The first-order valence-electron chi connectivity index (χ1n) is 19.7. The first kappa shape index (κ1) is 43.3. The number of imide groups is 2. The molecule has 6 heterocycles. The molecule has 2 aromatic carbocycles. The minimum Gasteiger partial charge on any atom is -0.497 e. The fourth-order valence-electron chi connectivity index (χ4n) is 7.80. The molecule has 5 aliphatic rings. The quantitative estimate of drug-likeness (QED) is 0.0488. The average Bonchev–Trinajstić information content (AvgIpc) is 3.97. The fourth-order valence-corrected chi connectivity index (χ4v) is 7.80. The van der Waals surface area contributed by atoms with E-state index in [2.05, 4.69) is 61.0 Å². The number of nitrogens with zero attached hydrogens (tertiary/aromatic N) is 6. The number of carbonyl (C=O) groups is 6. The number of fused-ring (bicyclic) bond motifs is 2. The normalized spacial score (nSPS) is 21.5. The molecule has 0 unspecified atom stereocenters. The molecule has 1 aromatic heterocycles. The van der Waals surface area contributed by atoms with Gasteiger partial charge in [0.15, 0.2) is 22.8 Å². The lowest BCUT2D eigenvalue weighted by atomic mass is 9.99. The van der Waals surface area contributed by atoms with Gasteiger partial charge in [-0.25, -0.2) is 14.6 Å². The number of nitrogens with one attached hydrogen (secondary N) is 4. The summed E-state index contributed by atoms with van der Waals surface area (Å²) in [6, 6.07) is 10.7. The first-order valence-corrected chi connectivity index (χ1v) is 19.7. The van der Waals surface area contributed by atoms with Gasteiger partial charge in [-0.05, 0) is 53.9 Å². The standard InChI is InChI=1S/C28H31N7O6.C15H13N3O4/c1-4-33-9-11-34(12-10-33)24(32-39)19-13-23(41-3)22(29-15-19)7-8-28(26(37)30-27(38)31-28)17-35-16-18-5-6-20(40-2)14-21(18)25(35)36;1-3-15(13(20)16-14(21)17-15)8-18-7-9-4-5-10(22-2)6-11(9)12(18)19/h5-6,13-15,39H,4,9-12,16-17H2,1-3H3,(H2,30,31,37,38);1,4-6H,7-8H2,2H3,(H2,16,17,20,21)/b32-24+;/t28-;15-/m11/s1. The van der Waals surface area contributed by atoms with Crippen LogP contribution in [0, 0.1) is 24.2 Å². The lowest BCUT2D eigenvalue weighted by molar-refractivity contribution is -0.123. The van der Waals surface area contributed by atoms with Gasteiger partial charge in [0.25, 0.3) is 23.6 Å². The van der Waals surface area contributed by atoms with Gasteiger partial charge in [-0.15, -0.1) is 6.42 Å². The van der Waals surface area contributed by atoms with Gasteiger partial charge in [-0.3, -0.25) is 29.8 Å². The minimum absolute atomic E-state index is 0.0864. The Morgan fingerprint density at radius 2 is 1.33 bits per heavy atom. The van der Waals surface area contributed by atoms with Crippen molar-refractivity contribution < 1.29 is 48.2 Å². The van der Waals surface area contributed by atoms with Gasteiger partial charge < -0.3 is 49.7 Å². The molecule has 0 saturated carbocycles. The predicted octanol–water partition coefficient (Wildman–Crippen LogP) is 0.320. The van der Waals surface area contributed by atoms with Gasteiger partial charge in [0.05, 0.1) is 34.4 Å². The van der Waals surface area contributed by atoms with E-state index in [0.717, 1.165) is 30.8 Å². The van der Waals surface area contributed by atoms with Crippen molar-refractivity contribution >= 4 is 41.5 Å². The maximum Gasteiger partial charge on any atom is 0.323 e. The zero-order chi connectivity index (χ0) is 45.1. The molecule has 326 valence electrons. The van der Waals surface area contributed by atoms with E-state index in [4.69, 9.17) is 20.6 Å². The Morgan fingerprint density at radius 3 is 1.79 bits per heavy atom. The van der Waals surface area contributed by atoms with Gasteiger partial charge in [0.1, 0.15) is 11.5 Å². The van der Waals surface area contributed by atoms with Crippen LogP contribution in [0.1, 0.15) is 50.0 Å². The number of amidine groups is 1. The van der Waals surface area contributed by atoms with E-state index in [1.807, 2.05) is 4.90 Å². The zero-order valence-electron chi connectivity index (χ0n) is 34.9. The van der Waals surface area contributed by atoms with Gasteiger partial charge in [0, 0.05) is 62.2 Å². The number of oxime groups is 1. The summed E-state index contributed by atoms with van der Waals surface area (Å²) in [5.74, 6) is 7.93. The summed E-state index contributed by atoms with van der Waals surface area (Å²) in [7, 11) is 4.49. The molecule has 2 atom stereocenters. The summed E-state index contributed by atoms with van der Waals surface area (Å²) in [4.78, 5) is 85.6. The Morgan fingerprint density at radius 1 is 0.794 bits per heavy atom. The molecule has 5 aliphatic heterocycles. The number of carbonyl (C=O) groups excluding carboxylic acids is 6. The monoisotopic (exact) mass is 860 g/mol. The van der Waals surface area contributed by atoms with Crippen molar-refractivity contribution in [2.24, 2.45) is 5.16 Å². The van der Waals surface area contributed by atoms with Gasteiger partial charge in [0.2, 0.25) is 5.54 Å². The summed E-state index contributed by atoms with van der Waals surface area (Å²) in [6.07, 6.45) is 6.93. The number of hydrogen-bond acceptors (Lipinski definition) is 13. The summed E-state index contributed by atoms with van der Waals surface area (Å²) >= 11 is 0. The van der Waals surface area contributed by atoms with E-state index in [9.17, 15) is 34.0 Å². The van der Waals surface area contributed by atoms with Crippen LogP contribution in [0.25, 0.3) is 0 Å². The lowest BCUT2D eigenvalue weighted by Gasteiger charge is -2.35. The molecule has 0 bridgehead atoms. The average molecular weight is 861 g/mol. The number of benzene rings is 2. The van der Waals surface area contributed by atoms with Crippen LogP contribution in [0.5, 0.6) is 17.2 Å². The Kier molecular flexibility index (Phi) is 12.1. The van der Waals surface area contributed by atoms with Crippen molar-refractivity contribution in [3.8, 4) is 41.4 Å². The third kappa shape index (κ3) is 8.44. The van der Waals surface area contributed by atoms with Crippen molar-refractivity contribution in [1.29, 1.82) is 0 Å². The molecule has 0 spiro atoms. The molecule has 20 nitrogen and oxygen atoms in total. The Hall–Kier alpha value is -7.84. The number of terminal acetylenes is 1. The van der Waals surface area contributed by atoms with Gasteiger partial charge in [-0.2, -0.15) is 0 Å². The van der Waals surface area contributed by atoms with Crippen molar-refractivity contribution in [2.45, 2.75) is 31.1 Å². The van der Waals surface area contributed by atoms with Gasteiger partial charge in [-0.1, -0.05) is 36.1 Å². The second kappa shape index (κ2) is 17.6. The minimum atomic E-state index is -1.71. The van der Waals surface area contributed by atoms with Crippen LogP contribution in [-0.4, -0.2) is 150 Å². The maximum absolute atomic E-state index is 13.2. The molecule has 8 rings (SSSR count). The highest BCUT2D eigenvalue weighted by atomic mass is 16.5. The van der Waals surface area contributed by atoms with E-state index in [1.165, 1.54) is 37.3 Å². The smallest absolute Gasteiger partial charge is 0.323 e. The number of amides is 8. The van der Waals surface area contributed by atoms with Gasteiger partial charge >= 0.3 is 12.1 Å². The molecule has 3 saturated heterocycles. The highest BCUT2D eigenvalue weighted by Crippen LogP contribution is 2.30. The predicted molar refractivity (Wildman–Crippen MR) is 223 cm³/mol. The zero-order valence-corrected chi connectivity index (χ0v) is 34.9. The third-order valence-corrected chi connectivity index (χ3v) is 11.3. The number of aromatic nitrogens is 1. The van der Waals surface area contributed by atoms with Crippen LogP contribution < -0.4 is 35.5 Å². The second-order valence-corrected chi connectivity index (χ2v) is 15.0. The topological polar surface area (TPSA) is 237 Å². The van der Waals surface area contributed by atoms with Crippen molar-refractivity contribution in [2.75, 3.05) is 67.1 Å². The summed E-state index contributed by atoms with van der Waals surface area (Å²) in [6.45, 7) is 6.44. The molecular weight excluding hydrogens is 817 g/mol. The maximum atomic E-state index is 13.2. The number of rotatable bonds is 9. The largest absolute Gasteiger partial charge is 0.497 e. The summed E-state index contributed by atoms with van der Waals surface area (Å²) in [5.41, 5.74) is 0.0862. The molecule has 20 heteroatoms. The van der Waals surface area contributed by atoms with E-state index in [0.29, 0.717) is 59.4 Å². The molecule has 63 heavy (non-hydrogen) atoms. The Balaban J connectivity index is 0.000000227. The molecule has 3 fully saturated rings. The number of likely N-dealkylation sites (N-methyl/N-ethyl adjacent to an activating group) is 1. The number of hydrogen-bond donors (Lipinski definition) is 5. The van der Waals surface area contributed by atoms with Crippen molar-refractivity contribution in [1.82, 2.24) is 45.9 Å². The first-order chi connectivity index (χ1) is 30.3. The summed E-state index contributed by atoms with van der Waals surface area (Å²) < 4.78 is 15.9. The van der Waals surface area contributed by atoms with Crippen LogP contribution in [0.2, 0.25) is 0 Å². The molecular formula is C43H44N10O10. The van der Waals surface area contributed by atoms with E-state index in [1.54, 1.807) is 42.5 Å². The summed E-state index contributed by atoms with van der Waals surface area (Å²) in [5, 5.41) is 22.6. The number of piperazine rings is 1. The molecule has 0 radical (unpaired) electrons. The van der Waals surface area contributed by atoms with Crippen LogP contribution in [0.15, 0.2) is 53.8 Å². The van der Waals surface area contributed by atoms with E-state index >= 15 is 0 Å². The van der Waals surface area contributed by atoms with Crippen LogP contribution in [0.4, 0.5) is 9.59 Å². The third-order valence-electron chi connectivity index (χ3n) is 11.3. The number of methoxy groups -OCH3 is 3. The number of pyridine rings is 1. The second-order valence-electron chi connectivity index (χ2n) is 15.0. The Labute approximate surface area is 361 Å². The highest BCUT2D eigenvalue weighted by Gasteiger charge is 2.49. The SMILES string of the molecule is C#C[C@]1(CN2Cc3ccc(OC)cc3C2=O)NC(=O)NC1=O.CCN1CCN(/C(=N/O)c2cnc(C#C[C@]3(CN4Cc5ccc(OC)cc5C4=O)NC(=O)NC3=O)c(OC)c2)CC1. The molecule has 0 aliphatic carbocycles.